The zero-order chi connectivity index (χ0) is 38.9. The van der Waals surface area contributed by atoms with Gasteiger partial charge >= 0.3 is 0 Å². The molecule has 2 amide bonds. The van der Waals surface area contributed by atoms with Crippen LogP contribution in [0.4, 0.5) is 0 Å². The third kappa shape index (κ3) is 12.0. The highest BCUT2D eigenvalue weighted by atomic mass is 16.3. The van der Waals surface area contributed by atoms with E-state index in [2.05, 4.69) is 21.7 Å². The Kier molecular flexibility index (Phi) is 16.2. The summed E-state index contributed by atoms with van der Waals surface area (Å²) in [5.41, 5.74) is 27.0. The largest absolute Gasteiger partial charge is 0.508 e. The standard InChI is InChI=1S/C41H59N9O4/c42-22-7-5-9-32(28-47-24-20-31-27-49-37-11-4-3-10-35(31)37)50(38(53)36(43)25-29-12-16-33(51)17-13-29)41(39(44)54,26-30-14-18-34(52)19-15-30)21-6-1-2-8-23-48-40(45)46/h3-4,10-19,27,32,36,47,49,51-52H,1-2,5-9,20-26,28,42-43H2,(H2,44,54)(H4,45,46,48)/t32-,36-,41-/m0/s1. The summed E-state index contributed by atoms with van der Waals surface area (Å²) < 4.78 is 0. The number of phenols is 2. The molecule has 14 N–H and O–H groups in total. The molecule has 292 valence electrons. The number of amides is 2. The van der Waals surface area contributed by atoms with Crippen molar-refractivity contribution in [3.05, 3.63) is 95.7 Å². The van der Waals surface area contributed by atoms with E-state index in [1.807, 2.05) is 24.4 Å². The molecule has 13 heteroatoms. The zero-order valence-electron chi connectivity index (χ0n) is 31.2. The molecule has 54 heavy (non-hydrogen) atoms. The van der Waals surface area contributed by atoms with E-state index in [0.29, 0.717) is 45.4 Å². The predicted molar refractivity (Wildman–Crippen MR) is 215 cm³/mol. The molecule has 0 aliphatic rings. The number of para-hydroxylation sites is 1. The molecule has 0 unspecified atom stereocenters. The van der Waals surface area contributed by atoms with Crippen molar-refractivity contribution in [3.8, 4) is 11.5 Å². The first-order valence-electron chi connectivity index (χ1n) is 19.0. The van der Waals surface area contributed by atoms with Crippen molar-refractivity contribution >= 4 is 28.7 Å². The third-order valence-electron chi connectivity index (χ3n) is 10.1. The molecule has 0 saturated carbocycles. The average molecular weight is 742 g/mol. The minimum Gasteiger partial charge on any atom is -0.508 e. The maximum atomic E-state index is 15.0. The second-order valence-corrected chi connectivity index (χ2v) is 14.2. The van der Waals surface area contributed by atoms with Gasteiger partial charge in [-0.3, -0.25) is 15.0 Å². The Hall–Kier alpha value is -5.11. The van der Waals surface area contributed by atoms with Gasteiger partial charge in [0.2, 0.25) is 11.8 Å². The normalized spacial score (nSPS) is 13.6. The van der Waals surface area contributed by atoms with E-state index < -0.39 is 23.5 Å². The Morgan fingerprint density at radius 1 is 0.852 bits per heavy atom. The molecule has 4 aromatic rings. The molecule has 1 aromatic heterocycles. The van der Waals surface area contributed by atoms with Gasteiger partial charge in [-0.2, -0.15) is 0 Å². The van der Waals surface area contributed by atoms with E-state index in [0.717, 1.165) is 60.6 Å². The van der Waals surface area contributed by atoms with Crippen LogP contribution >= 0.6 is 0 Å². The molecule has 13 nitrogen and oxygen atoms in total. The second-order valence-electron chi connectivity index (χ2n) is 14.2. The maximum absolute atomic E-state index is 15.0. The zero-order valence-corrected chi connectivity index (χ0v) is 31.2. The van der Waals surface area contributed by atoms with Gasteiger partial charge in [0.25, 0.3) is 0 Å². The minimum absolute atomic E-state index is 0.0785. The first kappa shape index (κ1) is 41.6. The van der Waals surface area contributed by atoms with Crippen LogP contribution in [0.5, 0.6) is 11.5 Å². The van der Waals surface area contributed by atoms with E-state index in [1.165, 1.54) is 5.56 Å². The van der Waals surface area contributed by atoms with Gasteiger partial charge in [-0.05, 0) is 98.6 Å². The minimum atomic E-state index is -1.45. The maximum Gasteiger partial charge on any atom is 0.243 e. The highest BCUT2D eigenvalue weighted by Crippen LogP contribution is 2.33. The fraction of sp³-hybridized carbons (Fsp3) is 0.439. The monoisotopic (exact) mass is 741 g/mol. The number of aromatic hydroxyl groups is 2. The molecule has 3 aromatic carbocycles. The molecule has 4 rings (SSSR count). The predicted octanol–water partition coefficient (Wildman–Crippen LogP) is 3.51. The lowest BCUT2D eigenvalue weighted by molar-refractivity contribution is -0.152. The third-order valence-corrected chi connectivity index (χ3v) is 10.1. The van der Waals surface area contributed by atoms with E-state index in [-0.39, 0.29) is 36.2 Å². The Bertz CT molecular complexity index is 1760. The molecule has 0 aliphatic carbocycles. The molecule has 0 bridgehead atoms. The van der Waals surface area contributed by atoms with Gasteiger partial charge in [0.05, 0.1) is 6.04 Å². The van der Waals surface area contributed by atoms with Crippen molar-refractivity contribution in [3.63, 3.8) is 0 Å². The number of hydrogen-bond donors (Lipinski definition) is 10. The van der Waals surface area contributed by atoms with Gasteiger partial charge in [0.15, 0.2) is 5.96 Å². The number of guanidine groups is 1. The SMILES string of the molecule is N=C(N)NCCCCCC[C@](Cc1ccc(O)cc1)(C(N)=O)N(C(=O)[C@@H](N)Cc1ccc(O)cc1)[C@@H](CCCCN)CNCCc1c[nH]c2ccccc12. The Morgan fingerprint density at radius 3 is 2.19 bits per heavy atom. The number of rotatable bonds is 24. The number of phenolic OH excluding ortho intramolecular Hbond substituents is 2. The fourth-order valence-corrected chi connectivity index (χ4v) is 7.26. The first-order chi connectivity index (χ1) is 26.0. The number of nitrogens with one attached hydrogen (secondary N) is 4. The van der Waals surface area contributed by atoms with Crippen LogP contribution in [0.1, 0.15) is 68.1 Å². The molecular formula is C41H59N9O4. The van der Waals surface area contributed by atoms with Crippen molar-refractivity contribution in [2.24, 2.45) is 22.9 Å². The first-order valence-corrected chi connectivity index (χ1v) is 19.0. The summed E-state index contributed by atoms with van der Waals surface area (Å²) in [7, 11) is 0. The number of carbonyl (C=O) groups is 2. The van der Waals surface area contributed by atoms with Crippen LogP contribution in [0, 0.1) is 5.41 Å². The quantitative estimate of drug-likeness (QED) is 0.0286. The summed E-state index contributed by atoms with van der Waals surface area (Å²) in [5, 5.41) is 35.0. The van der Waals surface area contributed by atoms with E-state index in [1.54, 1.807) is 53.4 Å². The van der Waals surface area contributed by atoms with E-state index >= 15 is 0 Å². The number of benzene rings is 3. The van der Waals surface area contributed by atoms with Gasteiger partial charge in [0.1, 0.15) is 17.0 Å². The molecule has 0 saturated heterocycles. The van der Waals surface area contributed by atoms with Crippen LogP contribution in [0.25, 0.3) is 10.9 Å². The molecule has 3 atom stereocenters. The molecule has 1 heterocycles. The highest BCUT2D eigenvalue weighted by Gasteiger charge is 2.48. The lowest BCUT2D eigenvalue weighted by Gasteiger charge is -2.48. The number of aromatic nitrogens is 1. The van der Waals surface area contributed by atoms with Crippen LogP contribution in [-0.2, 0) is 28.9 Å². The molecule has 0 radical (unpaired) electrons. The lowest BCUT2D eigenvalue weighted by atomic mass is 9.80. The van der Waals surface area contributed by atoms with Crippen molar-refractivity contribution < 1.29 is 19.8 Å². The number of H-pyrrole nitrogens is 1. The van der Waals surface area contributed by atoms with Crippen LogP contribution in [0.2, 0.25) is 0 Å². The fourth-order valence-electron chi connectivity index (χ4n) is 7.26. The van der Waals surface area contributed by atoms with Gasteiger partial charge in [-0.1, -0.05) is 68.1 Å². The molecular weight excluding hydrogens is 683 g/mol. The summed E-state index contributed by atoms with van der Waals surface area (Å²) >= 11 is 0. The number of aromatic amines is 1. The van der Waals surface area contributed by atoms with Gasteiger partial charge in [0, 0.05) is 42.7 Å². The Balaban J connectivity index is 1.70. The van der Waals surface area contributed by atoms with Crippen molar-refractivity contribution in [2.45, 2.75) is 88.3 Å². The molecule has 0 aliphatic heterocycles. The van der Waals surface area contributed by atoms with Crippen molar-refractivity contribution in [1.82, 2.24) is 20.5 Å². The summed E-state index contributed by atoms with van der Waals surface area (Å²) in [6, 6.07) is 19.9. The van der Waals surface area contributed by atoms with Crippen LogP contribution < -0.4 is 33.6 Å². The summed E-state index contributed by atoms with van der Waals surface area (Å²) in [6.45, 7) is 2.08. The number of nitrogens with zero attached hydrogens (tertiary/aromatic N) is 1. The summed E-state index contributed by atoms with van der Waals surface area (Å²) in [6.07, 6.45) is 8.37. The number of unbranched alkanes of at least 4 members (excludes halogenated alkanes) is 4. The van der Waals surface area contributed by atoms with Crippen LogP contribution in [-0.4, -0.2) is 81.7 Å². The Labute approximate surface area is 318 Å². The highest BCUT2D eigenvalue weighted by molar-refractivity contribution is 5.93. The number of carbonyl (C=O) groups excluding carboxylic acids is 2. The smallest absolute Gasteiger partial charge is 0.243 e. The number of primary amides is 1. The van der Waals surface area contributed by atoms with E-state index in [4.69, 9.17) is 28.3 Å². The van der Waals surface area contributed by atoms with Crippen LogP contribution in [0.15, 0.2) is 79.0 Å². The average Bonchev–Trinajstić information content (AvgIpc) is 3.57. The van der Waals surface area contributed by atoms with Crippen LogP contribution in [0.3, 0.4) is 0 Å². The van der Waals surface area contributed by atoms with Crippen molar-refractivity contribution in [2.75, 3.05) is 26.2 Å². The number of nitrogens with two attached hydrogens (primary N) is 4. The number of hydrogen-bond acceptors (Lipinski definition) is 8. The molecule has 0 spiro atoms. The van der Waals surface area contributed by atoms with Gasteiger partial charge < -0.3 is 53.7 Å². The number of fused-ring (bicyclic) bond motifs is 1. The van der Waals surface area contributed by atoms with E-state index in [9.17, 15) is 19.8 Å². The van der Waals surface area contributed by atoms with Crippen molar-refractivity contribution in [1.29, 1.82) is 5.41 Å². The lowest BCUT2D eigenvalue weighted by Crippen LogP contribution is -2.68. The summed E-state index contributed by atoms with van der Waals surface area (Å²) in [4.78, 5) is 34.2. The molecule has 0 fully saturated rings. The van der Waals surface area contributed by atoms with Gasteiger partial charge in [-0.25, -0.2) is 0 Å². The topological polar surface area (TPSA) is 246 Å². The second kappa shape index (κ2) is 21.0. The Morgan fingerprint density at radius 2 is 1.52 bits per heavy atom. The summed E-state index contributed by atoms with van der Waals surface area (Å²) in [5.74, 6) is -0.891. The van der Waals surface area contributed by atoms with Gasteiger partial charge in [-0.15, -0.1) is 0 Å².